The number of halogens is 1. The highest BCUT2D eigenvalue weighted by Crippen LogP contribution is 2.24. The molecule has 3 rings (SSSR count). The van der Waals surface area contributed by atoms with Crippen molar-refractivity contribution in [2.45, 2.75) is 0 Å². The third-order valence-corrected chi connectivity index (χ3v) is 4.16. The number of aromatic amines is 1. The number of H-pyrrole nitrogens is 1. The Labute approximate surface area is 120 Å². The Morgan fingerprint density at radius 1 is 1.26 bits per heavy atom. The van der Waals surface area contributed by atoms with Crippen LogP contribution in [0.2, 0.25) is 0 Å². The number of carbonyl (C=O) groups excluding carboxylic acids is 1. The van der Waals surface area contributed by atoms with Crippen LogP contribution < -0.4 is 0 Å². The van der Waals surface area contributed by atoms with Crippen LogP contribution in [0, 0.1) is 0 Å². The highest BCUT2D eigenvalue weighted by atomic mass is 79.9. The van der Waals surface area contributed by atoms with Crippen molar-refractivity contribution in [2.75, 3.05) is 33.2 Å². The van der Waals surface area contributed by atoms with Gasteiger partial charge in [-0.2, -0.15) is 0 Å². The Bertz CT molecular complexity index is 614. The molecule has 5 heteroatoms. The molecule has 0 spiro atoms. The van der Waals surface area contributed by atoms with E-state index in [-0.39, 0.29) is 5.91 Å². The summed E-state index contributed by atoms with van der Waals surface area (Å²) in [6, 6.07) is 5.96. The van der Waals surface area contributed by atoms with Gasteiger partial charge in [-0.05, 0) is 25.2 Å². The van der Waals surface area contributed by atoms with Crippen molar-refractivity contribution >= 4 is 32.7 Å². The van der Waals surface area contributed by atoms with E-state index in [4.69, 9.17) is 0 Å². The zero-order valence-electron chi connectivity index (χ0n) is 10.8. The summed E-state index contributed by atoms with van der Waals surface area (Å²) in [7, 11) is 2.09. The van der Waals surface area contributed by atoms with E-state index in [2.05, 4.69) is 32.9 Å². The molecular weight excluding hydrogens is 306 g/mol. The summed E-state index contributed by atoms with van der Waals surface area (Å²) in [5.41, 5.74) is 1.77. The first-order valence-electron chi connectivity index (χ1n) is 6.39. The van der Waals surface area contributed by atoms with E-state index >= 15 is 0 Å². The van der Waals surface area contributed by atoms with E-state index in [0.29, 0.717) is 0 Å². The lowest BCUT2D eigenvalue weighted by molar-refractivity contribution is 0.0666. The van der Waals surface area contributed by atoms with Crippen LogP contribution in [0.3, 0.4) is 0 Å². The van der Waals surface area contributed by atoms with Crippen molar-refractivity contribution in [3.8, 4) is 0 Å². The molecule has 19 heavy (non-hydrogen) atoms. The number of rotatable bonds is 1. The van der Waals surface area contributed by atoms with Crippen molar-refractivity contribution in [1.29, 1.82) is 0 Å². The summed E-state index contributed by atoms with van der Waals surface area (Å²) < 4.78 is 0.993. The molecule has 1 aromatic heterocycles. The highest BCUT2D eigenvalue weighted by Gasteiger charge is 2.22. The van der Waals surface area contributed by atoms with Gasteiger partial charge < -0.3 is 14.8 Å². The maximum Gasteiger partial charge on any atom is 0.256 e. The summed E-state index contributed by atoms with van der Waals surface area (Å²) in [6.45, 7) is 3.49. The predicted molar refractivity (Wildman–Crippen MR) is 79.4 cm³/mol. The number of fused-ring (bicyclic) bond motifs is 1. The Kier molecular flexibility index (Phi) is 3.33. The number of likely N-dealkylation sites (N-methyl/N-ethyl adjacent to an activating group) is 1. The lowest BCUT2D eigenvalue weighted by Gasteiger charge is -2.32. The molecule has 1 aliphatic rings. The van der Waals surface area contributed by atoms with Gasteiger partial charge >= 0.3 is 0 Å². The number of piperazine rings is 1. The number of hydrogen-bond donors (Lipinski definition) is 1. The maximum atomic E-state index is 12.6. The minimum absolute atomic E-state index is 0.123. The SMILES string of the molecule is CN1CCN(C(=O)c2c[nH]c3ccc(Br)cc23)CC1. The first kappa shape index (κ1) is 12.7. The van der Waals surface area contributed by atoms with Crippen LogP contribution in [0.4, 0.5) is 0 Å². The maximum absolute atomic E-state index is 12.6. The van der Waals surface area contributed by atoms with Crippen LogP contribution in [0.1, 0.15) is 10.4 Å². The van der Waals surface area contributed by atoms with E-state index < -0.39 is 0 Å². The molecule has 1 saturated heterocycles. The minimum Gasteiger partial charge on any atom is -0.360 e. The number of nitrogens with one attached hydrogen (secondary N) is 1. The predicted octanol–water partition coefficient (Wildman–Crippen LogP) is 2.32. The van der Waals surface area contributed by atoms with E-state index in [1.165, 1.54) is 0 Å². The smallest absolute Gasteiger partial charge is 0.256 e. The van der Waals surface area contributed by atoms with Gasteiger partial charge in [0, 0.05) is 47.8 Å². The summed E-state index contributed by atoms with van der Waals surface area (Å²) in [6.07, 6.45) is 1.82. The summed E-state index contributed by atoms with van der Waals surface area (Å²) in [5, 5.41) is 0.985. The van der Waals surface area contributed by atoms with Gasteiger partial charge in [0.1, 0.15) is 0 Å². The standard InChI is InChI=1S/C14H16BrN3O/c1-17-4-6-18(7-5-17)14(19)12-9-16-13-3-2-10(15)8-11(12)13/h2-3,8-9,16H,4-7H2,1H3. The average Bonchev–Trinajstić information content (AvgIpc) is 2.81. The van der Waals surface area contributed by atoms with Crippen LogP contribution in [-0.2, 0) is 0 Å². The second-order valence-electron chi connectivity index (χ2n) is 4.99. The molecule has 1 N–H and O–H groups in total. The van der Waals surface area contributed by atoms with Crippen molar-refractivity contribution in [1.82, 2.24) is 14.8 Å². The molecule has 4 nitrogen and oxygen atoms in total. The van der Waals surface area contributed by atoms with Crippen LogP contribution in [-0.4, -0.2) is 53.9 Å². The third kappa shape index (κ3) is 2.40. The van der Waals surface area contributed by atoms with Crippen molar-refractivity contribution in [2.24, 2.45) is 0 Å². The van der Waals surface area contributed by atoms with E-state index in [1.54, 1.807) is 0 Å². The fraction of sp³-hybridized carbons (Fsp3) is 0.357. The monoisotopic (exact) mass is 321 g/mol. The number of carbonyl (C=O) groups is 1. The molecule has 100 valence electrons. The van der Waals surface area contributed by atoms with Gasteiger partial charge in [0.25, 0.3) is 5.91 Å². The third-order valence-electron chi connectivity index (χ3n) is 3.66. The second kappa shape index (κ2) is 4.98. The van der Waals surface area contributed by atoms with Crippen molar-refractivity contribution < 1.29 is 4.79 Å². The number of amides is 1. The number of aromatic nitrogens is 1. The van der Waals surface area contributed by atoms with Crippen LogP contribution in [0.15, 0.2) is 28.9 Å². The molecule has 1 aliphatic heterocycles. The molecule has 2 heterocycles. The highest BCUT2D eigenvalue weighted by molar-refractivity contribution is 9.10. The van der Waals surface area contributed by atoms with E-state index in [9.17, 15) is 4.79 Å². The molecule has 1 amide bonds. The Morgan fingerprint density at radius 3 is 2.74 bits per heavy atom. The fourth-order valence-electron chi connectivity index (χ4n) is 2.45. The van der Waals surface area contributed by atoms with Gasteiger partial charge in [-0.25, -0.2) is 0 Å². The fourth-order valence-corrected chi connectivity index (χ4v) is 2.81. The van der Waals surface area contributed by atoms with Gasteiger partial charge in [0.2, 0.25) is 0 Å². The normalized spacial score (nSPS) is 17.1. The molecule has 0 atom stereocenters. The molecule has 0 saturated carbocycles. The van der Waals surface area contributed by atoms with Crippen LogP contribution >= 0.6 is 15.9 Å². The Morgan fingerprint density at radius 2 is 2.00 bits per heavy atom. The molecule has 2 aromatic rings. The van der Waals surface area contributed by atoms with Crippen LogP contribution in [0.5, 0.6) is 0 Å². The Hall–Kier alpha value is -1.33. The zero-order chi connectivity index (χ0) is 13.4. The molecule has 1 fully saturated rings. The number of nitrogens with zero attached hydrogens (tertiary/aromatic N) is 2. The van der Waals surface area contributed by atoms with Gasteiger partial charge in [-0.3, -0.25) is 4.79 Å². The second-order valence-corrected chi connectivity index (χ2v) is 5.90. The largest absolute Gasteiger partial charge is 0.360 e. The average molecular weight is 322 g/mol. The lowest BCUT2D eigenvalue weighted by atomic mass is 10.1. The summed E-state index contributed by atoms with van der Waals surface area (Å²) in [4.78, 5) is 19.9. The molecule has 0 unspecified atom stereocenters. The van der Waals surface area contributed by atoms with Crippen molar-refractivity contribution in [3.63, 3.8) is 0 Å². The molecule has 0 aliphatic carbocycles. The van der Waals surface area contributed by atoms with E-state index in [1.807, 2.05) is 29.3 Å². The zero-order valence-corrected chi connectivity index (χ0v) is 12.4. The molecule has 1 aromatic carbocycles. The minimum atomic E-state index is 0.123. The van der Waals surface area contributed by atoms with Crippen molar-refractivity contribution in [3.05, 3.63) is 34.4 Å². The molecule has 0 bridgehead atoms. The van der Waals surface area contributed by atoms with Gasteiger partial charge in [-0.1, -0.05) is 15.9 Å². The van der Waals surface area contributed by atoms with Gasteiger partial charge in [0.05, 0.1) is 5.56 Å². The van der Waals surface area contributed by atoms with Crippen LogP contribution in [0.25, 0.3) is 10.9 Å². The van der Waals surface area contributed by atoms with E-state index in [0.717, 1.165) is 47.1 Å². The topological polar surface area (TPSA) is 39.3 Å². The van der Waals surface area contributed by atoms with Gasteiger partial charge in [0.15, 0.2) is 0 Å². The molecular formula is C14H16BrN3O. The number of hydrogen-bond acceptors (Lipinski definition) is 2. The lowest BCUT2D eigenvalue weighted by Crippen LogP contribution is -2.47. The summed E-state index contributed by atoms with van der Waals surface area (Å²) >= 11 is 3.46. The quantitative estimate of drug-likeness (QED) is 0.875. The first-order valence-corrected chi connectivity index (χ1v) is 7.19. The first-order chi connectivity index (χ1) is 9.15. The van der Waals surface area contributed by atoms with Gasteiger partial charge in [-0.15, -0.1) is 0 Å². The summed E-state index contributed by atoms with van der Waals surface area (Å²) in [5.74, 6) is 0.123. The molecule has 0 radical (unpaired) electrons. The number of benzene rings is 1. The Balaban J connectivity index is 1.91.